The molecule has 1 fully saturated rings. The van der Waals surface area contributed by atoms with Crippen molar-refractivity contribution in [2.24, 2.45) is 0 Å². The lowest BCUT2D eigenvalue weighted by atomic mass is 9.64. The Morgan fingerprint density at radius 2 is 1.12 bits per heavy atom. The van der Waals surface area contributed by atoms with Gasteiger partial charge in [-0.25, -0.2) is 0 Å². The number of phenols is 2. The SMILES string of the molecule is CC(C)c1cc(C2(c3ccc(O)c(C(C)C)c3)CCCCC2)ccc1O. The zero-order valence-corrected chi connectivity index (χ0v) is 16.5. The molecular formula is C24H32O2. The van der Waals surface area contributed by atoms with Gasteiger partial charge in [-0.2, -0.15) is 0 Å². The molecular weight excluding hydrogens is 320 g/mol. The summed E-state index contributed by atoms with van der Waals surface area (Å²) >= 11 is 0. The van der Waals surface area contributed by atoms with Crippen LogP contribution >= 0.6 is 0 Å². The van der Waals surface area contributed by atoms with Gasteiger partial charge < -0.3 is 10.2 Å². The van der Waals surface area contributed by atoms with Crippen LogP contribution < -0.4 is 0 Å². The number of phenolic OH excluding ortho intramolecular Hbond substituents is 2. The number of rotatable bonds is 4. The van der Waals surface area contributed by atoms with Crippen molar-refractivity contribution in [3.8, 4) is 11.5 Å². The summed E-state index contributed by atoms with van der Waals surface area (Å²) in [6, 6.07) is 12.4. The molecule has 2 N–H and O–H groups in total. The Bertz CT molecular complexity index is 708. The van der Waals surface area contributed by atoms with E-state index in [-0.39, 0.29) is 5.41 Å². The summed E-state index contributed by atoms with van der Waals surface area (Å²) in [6.45, 7) is 8.52. The zero-order valence-electron chi connectivity index (χ0n) is 16.5. The highest BCUT2D eigenvalue weighted by Gasteiger charge is 2.36. The van der Waals surface area contributed by atoms with Crippen LogP contribution in [0.4, 0.5) is 0 Å². The van der Waals surface area contributed by atoms with Gasteiger partial charge in [-0.3, -0.25) is 0 Å². The molecule has 1 aliphatic rings. The van der Waals surface area contributed by atoms with Crippen molar-refractivity contribution in [3.63, 3.8) is 0 Å². The maximum Gasteiger partial charge on any atom is 0.119 e. The summed E-state index contributed by atoms with van der Waals surface area (Å²) in [6.07, 6.45) is 5.97. The van der Waals surface area contributed by atoms with Crippen molar-refractivity contribution in [2.75, 3.05) is 0 Å². The Balaban J connectivity index is 2.17. The maximum atomic E-state index is 10.3. The van der Waals surface area contributed by atoms with E-state index in [1.165, 1.54) is 30.4 Å². The molecule has 1 saturated carbocycles. The number of hydrogen-bond donors (Lipinski definition) is 2. The van der Waals surface area contributed by atoms with E-state index in [9.17, 15) is 10.2 Å². The number of aromatic hydroxyl groups is 2. The summed E-state index contributed by atoms with van der Waals surface area (Å²) in [5.41, 5.74) is 4.64. The third kappa shape index (κ3) is 3.34. The minimum atomic E-state index is -0.0209. The standard InChI is InChI=1S/C24H32O2/c1-16(2)20-14-18(8-10-22(20)25)24(12-6-5-7-13-24)19-9-11-23(26)21(15-19)17(3)4/h8-11,14-17,25-26H,5-7,12-13H2,1-4H3. The Hall–Kier alpha value is -1.96. The summed E-state index contributed by atoms with van der Waals surface area (Å²) in [7, 11) is 0. The lowest BCUT2D eigenvalue weighted by molar-refractivity contribution is 0.344. The molecule has 0 spiro atoms. The van der Waals surface area contributed by atoms with Crippen LogP contribution in [-0.2, 0) is 5.41 Å². The first-order valence-corrected chi connectivity index (χ1v) is 10.0. The smallest absolute Gasteiger partial charge is 0.119 e. The van der Waals surface area contributed by atoms with Crippen LogP contribution in [0, 0.1) is 0 Å². The van der Waals surface area contributed by atoms with Crippen molar-refractivity contribution in [3.05, 3.63) is 58.7 Å². The van der Waals surface area contributed by atoms with Gasteiger partial charge >= 0.3 is 0 Å². The van der Waals surface area contributed by atoms with Gasteiger partial charge in [-0.15, -0.1) is 0 Å². The van der Waals surface area contributed by atoms with Gasteiger partial charge in [-0.05, 0) is 59.1 Å². The van der Waals surface area contributed by atoms with Gasteiger partial charge in [0, 0.05) is 5.41 Å². The molecule has 2 aromatic rings. The number of benzene rings is 2. The quantitative estimate of drug-likeness (QED) is 0.651. The van der Waals surface area contributed by atoms with Crippen LogP contribution in [0.2, 0.25) is 0 Å². The average molecular weight is 353 g/mol. The predicted molar refractivity (Wildman–Crippen MR) is 108 cm³/mol. The minimum absolute atomic E-state index is 0.0209. The highest BCUT2D eigenvalue weighted by molar-refractivity contribution is 5.49. The molecule has 0 bridgehead atoms. The summed E-state index contributed by atoms with van der Waals surface area (Å²) in [5.74, 6) is 1.37. The van der Waals surface area contributed by atoms with Crippen molar-refractivity contribution in [2.45, 2.75) is 77.0 Å². The molecule has 2 nitrogen and oxygen atoms in total. The molecule has 0 atom stereocenters. The molecule has 0 aromatic heterocycles. The molecule has 0 unspecified atom stereocenters. The lowest BCUT2D eigenvalue weighted by Crippen LogP contribution is -2.30. The Labute approximate surface area is 157 Å². The first-order valence-electron chi connectivity index (χ1n) is 10.0. The first kappa shape index (κ1) is 18.8. The average Bonchev–Trinajstić information content (AvgIpc) is 2.62. The molecule has 1 aliphatic carbocycles. The predicted octanol–water partition coefficient (Wildman–Crippen LogP) is 6.59. The topological polar surface area (TPSA) is 40.5 Å². The fraction of sp³-hybridized carbons (Fsp3) is 0.500. The molecule has 0 amide bonds. The van der Waals surface area contributed by atoms with Gasteiger partial charge in [-0.1, -0.05) is 71.2 Å². The van der Waals surface area contributed by atoms with Crippen molar-refractivity contribution < 1.29 is 10.2 Å². The lowest BCUT2D eigenvalue weighted by Gasteiger charge is -2.39. The first-order chi connectivity index (χ1) is 12.3. The third-order valence-corrected chi connectivity index (χ3v) is 6.11. The molecule has 2 heteroatoms. The van der Waals surface area contributed by atoms with Gasteiger partial charge in [0.05, 0.1) is 0 Å². The van der Waals surface area contributed by atoms with Crippen LogP contribution in [0.25, 0.3) is 0 Å². The zero-order chi connectivity index (χ0) is 18.9. The van der Waals surface area contributed by atoms with E-state index in [0.29, 0.717) is 23.3 Å². The molecule has 2 aromatic carbocycles. The Kier molecular flexibility index (Phi) is 5.32. The highest BCUT2D eigenvalue weighted by atomic mass is 16.3. The highest BCUT2D eigenvalue weighted by Crippen LogP contribution is 2.47. The van der Waals surface area contributed by atoms with Gasteiger partial charge in [0.15, 0.2) is 0 Å². The largest absolute Gasteiger partial charge is 0.508 e. The molecule has 26 heavy (non-hydrogen) atoms. The van der Waals surface area contributed by atoms with Gasteiger partial charge in [0.25, 0.3) is 0 Å². The summed E-state index contributed by atoms with van der Waals surface area (Å²) < 4.78 is 0. The molecule has 3 rings (SSSR count). The van der Waals surface area contributed by atoms with Crippen LogP contribution in [0.3, 0.4) is 0 Å². The van der Waals surface area contributed by atoms with E-state index in [1.807, 2.05) is 12.1 Å². The molecule has 0 radical (unpaired) electrons. The van der Waals surface area contributed by atoms with E-state index < -0.39 is 0 Å². The monoisotopic (exact) mass is 352 g/mol. The maximum absolute atomic E-state index is 10.3. The second-order valence-corrected chi connectivity index (χ2v) is 8.50. The van der Waals surface area contributed by atoms with E-state index in [0.717, 1.165) is 24.0 Å². The van der Waals surface area contributed by atoms with Crippen LogP contribution in [0.1, 0.15) is 93.9 Å². The van der Waals surface area contributed by atoms with Gasteiger partial charge in [0.1, 0.15) is 11.5 Å². The van der Waals surface area contributed by atoms with E-state index in [1.54, 1.807) is 0 Å². The normalized spacial score (nSPS) is 17.0. The minimum Gasteiger partial charge on any atom is -0.508 e. The molecule has 140 valence electrons. The van der Waals surface area contributed by atoms with Crippen molar-refractivity contribution in [1.29, 1.82) is 0 Å². The Morgan fingerprint density at radius 1 is 0.692 bits per heavy atom. The fourth-order valence-electron chi connectivity index (χ4n) is 4.53. The third-order valence-electron chi connectivity index (χ3n) is 6.11. The van der Waals surface area contributed by atoms with Crippen LogP contribution in [0.5, 0.6) is 11.5 Å². The van der Waals surface area contributed by atoms with Crippen LogP contribution in [-0.4, -0.2) is 10.2 Å². The molecule has 0 heterocycles. The second-order valence-electron chi connectivity index (χ2n) is 8.50. The van der Waals surface area contributed by atoms with E-state index in [4.69, 9.17) is 0 Å². The number of hydrogen-bond acceptors (Lipinski definition) is 2. The van der Waals surface area contributed by atoms with Crippen molar-refractivity contribution in [1.82, 2.24) is 0 Å². The molecule has 0 saturated heterocycles. The Morgan fingerprint density at radius 3 is 1.50 bits per heavy atom. The van der Waals surface area contributed by atoms with E-state index >= 15 is 0 Å². The summed E-state index contributed by atoms with van der Waals surface area (Å²) in [4.78, 5) is 0. The second kappa shape index (κ2) is 7.34. The van der Waals surface area contributed by atoms with Crippen molar-refractivity contribution >= 4 is 0 Å². The van der Waals surface area contributed by atoms with Gasteiger partial charge in [0.2, 0.25) is 0 Å². The van der Waals surface area contributed by atoms with E-state index in [2.05, 4.69) is 52.0 Å². The fourth-order valence-corrected chi connectivity index (χ4v) is 4.53. The molecule has 0 aliphatic heterocycles. The summed E-state index contributed by atoms with van der Waals surface area (Å²) in [5, 5.41) is 20.6. The van der Waals surface area contributed by atoms with Crippen LogP contribution in [0.15, 0.2) is 36.4 Å².